The van der Waals surface area contributed by atoms with Gasteiger partial charge in [0.25, 0.3) is 0 Å². The van der Waals surface area contributed by atoms with Crippen LogP contribution in [0, 0.1) is 5.82 Å². The topological polar surface area (TPSA) is 62.3 Å². The highest BCUT2D eigenvalue weighted by Gasteiger charge is 2.29. The standard InChI is InChI=1S/C14H12FN3O2S.ClH/c15-10-3-1-2-4-11(10)17-14-16-9(8-21-14)7-18-12(19)5-6-13(18)20;/h1-4,8H,5-7H2,(H,16,17);1H. The number of aromatic nitrogens is 1. The van der Waals surface area contributed by atoms with E-state index in [9.17, 15) is 14.0 Å². The number of carbonyl (C=O) groups excluding carboxylic acids is 2. The zero-order valence-corrected chi connectivity index (χ0v) is 13.0. The quantitative estimate of drug-likeness (QED) is 0.868. The molecule has 0 bridgehead atoms. The first-order valence-corrected chi connectivity index (χ1v) is 7.30. The molecule has 1 fully saturated rings. The number of rotatable bonds is 4. The zero-order chi connectivity index (χ0) is 14.8. The molecule has 1 aromatic heterocycles. The van der Waals surface area contributed by atoms with E-state index < -0.39 is 0 Å². The molecule has 1 saturated heterocycles. The van der Waals surface area contributed by atoms with E-state index in [1.165, 1.54) is 22.3 Å². The van der Waals surface area contributed by atoms with Crippen molar-refractivity contribution in [3.8, 4) is 0 Å². The molecule has 3 rings (SSSR count). The van der Waals surface area contributed by atoms with Crippen molar-refractivity contribution >= 4 is 46.4 Å². The normalized spacial score (nSPS) is 14.1. The van der Waals surface area contributed by atoms with Crippen molar-refractivity contribution in [2.24, 2.45) is 0 Å². The van der Waals surface area contributed by atoms with Crippen molar-refractivity contribution in [1.29, 1.82) is 0 Å². The Labute approximate surface area is 136 Å². The minimum absolute atomic E-state index is 0. The molecule has 1 N–H and O–H groups in total. The van der Waals surface area contributed by atoms with Crippen LogP contribution in [0.2, 0.25) is 0 Å². The second kappa shape index (κ2) is 6.85. The third kappa shape index (κ3) is 3.42. The van der Waals surface area contributed by atoms with Crippen LogP contribution in [0.3, 0.4) is 0 Å². The van der Waals surface area contributed by atoms with Gasteiger partial charge in [0.2, 0.25) is 11.8 Å². The largest absolute Gasteiger partial charge is 0.329 e. The van der Waals surface area contributed by atoms with E-state index in [1.807, 2.05) is 0 Å². The molecule has 0 saturated carbocycles. The van der Waals surface area contributed by atoms with E-state index >= 15 is 0 Å². The fourth-order valence-electron chi connectivity index (χ4n) is 2.08. The Morgan fingerprint density at radius 3 is 2.59 bits per heavy atom. The summed E-state index contributed by atoms with van der Waals surface area (Å²) in [6.07, 6.45) is 0.534. The van der Waals surface area contributed by atoms with Crippen LogP contribution in [0.1, 0.15) is 18.5 Å². The lowest BCUT2D eigenvalue weighted by atomic mass is 10.3. The maximum atomic E-state index is 13.5. The second-order valence-corrected chi connectivity index (χ2v) is 5.48. The fraction of sp³-hybridized carbons (Fsp3) is 0.214. The number of carbonyl (C=O) groups is 2. The van der Waals surface area contributed by atoms with Gasteiger partial charge in [-0.3, -0.25) is 14.5 Å². The Bertz CT molecular complexity index is 691. The van der Waals surface area contributed by atoms with Gasteiger partial charge in [0.1, 0.15) is 5.82 Å². The molecule has 1 aromatic carbocycles. The monoisotopic (exact) mass is 341 g/mol. The highest BCUT2D eigenvalue weighted by Crippen LogP contribution is 2.24. The lowest BCUT2D eigenvalue weighted by molar-refractivity contribution is -0.139. The minimum atomic E-state index is -0.362. The molecular weight excluding hydrogens is 329 g/mol. The van der Waals surface area contributed by atoms with E-state index in [2.05, 4.69) is 10.3 Å². The molecule has 2 amide bonds. The Balaban J connectivity index is 0.00000176. The van der Waals surface area contributed by atoms with Crippen LogP contribution in [0.15, 0.2) is 29.6 Å². The molecule has 0 radical (unpaired) electrons. The van der Waals surface area contributed by atoms with Gasteiger partial charge in [-0.15, -0.1) is 23.7 Å². The van der Waals surface area contributed by atoms with Gasteiger partial charge in [-0.25, -0.2) is 9.37 Å². The molecule has 0 aliphatic carbocycles. The average Bonchev–Trinajstić information content (AvgIpc) is 3.03. The minimum Gasteiger partial charge on any atom is -0.329 e. The van der Waals surface area contributed by atoms with Crippen LogP contribution in [0.4, 0.5) is 15.2 Å². The van der Waals surface area contributed by atoms with E-state index in [-0.39, 0.29) is 49.4 Å². The average molecular weight is 342 g/mol. The van der Waals surface area contributed by atoms with Crippen molar-refractivity contribution in [1.82, 2.24) is 9.88 Å². The van der Waals surface area contributed by atoms with Crippen LogP contribution in [-0.2, 0) is 16.1 Å². The summed E-state index contributed by atoms with van der Waals surface area (Å²) in [6.45, 7) is 0.174. The zero-order valence-electron chi connectivity index (χ0n) is 11.4. The predicted molar refractivity (Wildman–Crippen MR) is 83.8 cm³/mol. The van der Waals surface area contributed by atoms with Gasteiger partial charge < -0.3 is 5.32 Å². The first-order valence-electron chi connectivity index (χ1n) is 6.42. The van der Waals surface area contributed by atoms with Crippen molar-refractivity contribution in [2.75, 3.05) is 5.32 Å². The highest BCUT2D eigenvalue weighted by atomic mass is 35.5. The number of hydrogen-bond donors (Lipinski definition) is 1. The number of para-hydroxylation sites is 1. The number of amides is 2. The summed E-state index contributed by atoms with van der Waals surface area (Å²) in [6, 6.07) is 6.31. The van der Waals surface area contributed by atoms with Gasteiger partial charge in [-0.1, -0.05) is 12.1 Å². The van der Waals surface area contributed by atoms with Gasteiger partial charge in [0, 0.05) is 18.2 Å². The van der Waals surface area contributed by atoms with E-state index in [4.69, 9.17) is 0 Å². The smallest absolute Gasteiger partial charge is 0.230 e. The number of likely N-dealkylation sites (tertiary alicyclic amines) is 1. The predicted octanol–water partition coefficient (Wildman–Crippen LogP) is 3.10. The molecule has 0 spiro atoms. The van der Waals surface area contributed by atoms with Crippen molar-refractivity contribution < 1.29 is 14.0 Å². The molecule has 2 aromatic rings. The number of anilines is 2. The molecule has 5 nitrogen and oxygen atoms in total. The molecule has 0 unspecified atom stereocenters. The lowest BCUT2D eigenvalue weighted by Crippen LogP contribution is -2.28. The maximum Gasteiger partial charge on any atom is 0.230 e. The molecule has 22 heavy (non-hydrogen) atoms. The third-order valence-corrected chi connectivity index (χ3v) is 3.95. The Morgan fingerprint density at radius 1 is 1.23 bits per heavy atom. The molecule has 116 valence electrons. The number of thiazole rings is 1. The molecule has 2 heterocycles. The Kier molecular flexibility index (Phi) is 5.10. The number of nitrogens with one attached hydrogen (secondary N) is 1. The van der Waals surface area contributed by atoms with Crippen LogP contribution in [0.5, 0.6) is 0 Å². The highest BCUT2D eigenvalue weighted by molar-refractivity contribution is 7.13. The second-order valence-electron chi connectivity index (χ2n) is 4.62. The molecule has 8 heteroatoms. The van der Waals surface area contributed by atoms with Gasteiger partial charge in [-0.05, 0) is 12.1 Å². The number of nitrogens with zero attached hydrogens (tertiary/aromatic N) is 2. The lowest BCUT2D eigenvalue weighted by Gasteiger charge is -2.11. The summed E-state index contributed by atoms with van der Waals surface area (Å²) in [7, 11) is 0. The number of benzene rings is 1. The van der Waals surface area contributed by atoms with Crippen molar-refractivity contribution in [2.45, 2.75) is 19.4 Å². The number of halogens is 2. The number of hydrogen-bond acceptors (Lipinski definition) is 5. The molecular formula is C14H13ClFN3O2S. The van der Waals surface area contributed by atoms with Crippen LogP contribution < -0.4 is 5.32 Å². The van der Waals surface area contributed by atoms with Gasteiger partial charge in [0.05, 0.1) is 17.9 Å². The van der Waals surface area contributed by atoms with Crippen molar-refractivity contribution in [3.63, 3.8) is 0 Å². The van der Waals surface area contributed by atoms with Gasteiger partial charge in [0.15, 0.2) is 5.13 Å². The van der Waals surface area contributed by atoms with Gasteiger partial charge in [-0.2, -0.15) is 0 Å². The summed E-state index contributed by atoms with van der Waals surface area (Å²) in [5, 5.41) is 5.16. The summed E-state index contributed by atoms with van der Waals surface area (Å²) in [5.74, 6) is -0.702. The van der Waals surface area contributed by atoms with Gasteiger partial charge >= 0.3 is 0 Å². The van der Waals surface area contributed by atoms with E-state index in [0.29, 0.717) is 16.5 Å². The number of imide groups is 1. The summed E-state index contributed by atoms with van der Waals surface area (Å²) >= 11 is 1.30. The fourth-order valence-corrected chi connectivity index (χ4v) is 2.79. The SMILES string of the molecule is Cl.O=C1CCC(=O)N1Cc1csc(Nc2ccccc2F)n1. The first-order chi connectivity index (χ1) is 10.1. The molecule has 0 atom stereocenters. The Morgan fingerprint density at radius 2 is 1.91 bits per heavy atom. The maximum absolute atomic E-state index is 13.5. The van der Waals surface area contributed by atoms with Crippen LogP contribution >= 0.6 is 23.7 Å². The molecule has 1 aliphatic rings. The summed E-state index contributed by atoms with van der Waals surface area (Å²) in [5.41, 5.74) is 0.953. The molecule has 1 aliphatic heterocycles. The van der Waals surface area contributed by atoms with Crippen molar-refractivity contribution in [3.05, 3.63) is 41.2 Å². The van der Waals surface area contributed by atoms with Crippen LogP contribution in [0.25, 0.3) is 0 Å². The van der Waals surface area contributed by atoms with Crippen LogP contribution in [-0.4, -0.2) is 21.7 Å². The first kappa shape index (κ1) is 16.4. The third-order valence-electron chi connectivity index (χ3n) is 3.14. The summed E-state index contributed by atoms with van der Waals surface area (Å²) in [4.78, 5) is 28.6. The summed E-state index contributed by atoms with van der Waals surface area (Å²) < 4.78 is 13.5. The Hall–Kier alpha value is -1.99. The van der Waals surface area contributed by atoms with E-state index in [0.717, 1.165) is 0 Å². The van der Waals surface area contributed by atoms with E-state index in [1.54, 1.807) is 23.6 Å².